The van der Waals surface area contributed by atoms with E-state index in [4.69, 9.17) is 4.74 Å². The van der Waals surface area contributed by atoms with Gasteiger partial charge in [0, 0.05) is 30.9 Å². The van der Waals surface area contributed by atoms with Gasteiger partial charge in [-0.2, -0.15) is 0 Å². The van der Waals surface area contributed by atoms with Gasteiger partial charge in [-0.1, -0.05) is 30.3 Å². The summed E-state index contributed by atoms with van der Waals surface area (Å²) in [7, 11) is 0. The Morgan fingerprint density at radius 3 is 2.68 bits per heavy atom. The zero-order valence-electron chi connectivity index (χ0n) is 12.7. The predicted molar refractivity (Wildman–Crippen MR) is 84.6 cm³/mol. The van der Waals surface area contributed by atoms with E-state index < -0.39 is 0 Å². The van der Waals surface area contributed by atoms with Crippen LogP contribution in [0.25, 0.3) is 0 Å². The number of aromatic nitrogens is 1. The summed E-state index contributed by atoms with van der Waals surface area (Å²) < 4.78 is 5.90. The standard InChI is InChI=1S/C18H20N2O2/c1-14-13-22-17(11-15-5-3-2-4-6-15)12-20(14)18(21)16-7-9-19-10-8-16/h2-10,14,17H,11-13H2,1H3. The molecular formula is C18H20N2O2. The maximum absolute atomic E-state index is 12.7. The van der Waals surface area contributed by atoms with Gasteiger partial charge in [-0.3, -0.25) is 9.78 Å². The summed E-state index contributed by atoms with van der Waals surface area (Å²) >= 11 is 0. The summed E-state index contributed by atoms with van der Waals surface area (Å²) in [5, 5.41) is 0. The number of benzene rings is 1. The Bertz CT molecular complexity index is 615. The van der Waals surface area contributed by atoms with Crippen molar-refractivity contribution in [2.45, 2.75) is 25.5 Å². The minimum Gasteiger partial charge on any atom is -0.374 e. The molecular weight excluding hydrogens is 276 g/mol. The zero-order chi connectivity index (χ0) is 15.4. The molecule has 1 amide bonds. The summed E-state index contributed by atoms with van der Waals surface area (Å²) in [6, 6.07) is 13.9. The van der Waals surface area contributed by atoms with Crippen molar-refractivity contribution in [1.29, 1.82) is 0 Å². The lowest BCUT2D eigenvalue weighted by Crippen LogP contribution is -2.51. The molecule has 0 bridgehead atoms. The summed E-state index contributed by atoms with van der Waals surface area (Å²) in [4.78, 5) is 18.5. The second kappa shape index (κ2) is 6.71. The van der Waals surface area contributed by atoms with E-state index in [9.17, 15) is 4.79 Å². The topological polar surface area (TPSA) is 42.4 Å². The molecule has 0 saturated carbocycles. The Hall–Kier alpha value is -2.20. The van der Waals surface area contributed by atoms with Gasteiger partial charge in [-0.15, -0.1) is 0 Å². The van der Waals surface area contributed by atoms with E-state index in [1.807, 2.05) is 30.0 Å². The van der Waals surface area contributed by atoms with Gasteiger partial charge in [-0.25, -0.2) is 0 Å². The van der Waals surface area contributed by atoms with Crippen LogP contribution in [-0.2, 0) is 11.2 Å². The molecule has 1 aromatic carbocycles. The molecule has 1 saturated heterocycles. The molecule has 114 valence electrons. The predicted octanol–water partition coefficient (Wildman–Crippen LogP) is 2.55. The monoisotopic (exact) mass is 296 g/mol. The Balaban J connectivity index is 1.70. The van der Waals surface area contributed by atoms with Crippen LogP contribution in [0.15, 0.2) is 54.9 Å². The van der Waals surface area contributed by atoms with Crippen LogP contribution >= 0.6 is 0 Å². The summed E-state index contributed by atoms with van der Waals surface area (Å²) in [6.07, 6.45) is 4.18. The molecule has 1 fully saturated rings. The van der Waals surface area contributed by atoms with Gasteiger partial charge in [-0.05, 0) is 24.6 Å². The molecule has 1 aliphatic rings. The highest BCUT2D eigenvalue weighted by atomic mass is 16.5. The van der Waals surface area contributed by atoms with Gasteiger partial charge in [0.15, 0.2) is 0 Å². The van der Waals surface area contributed by atoms with Gasteiger partial charge >= 0.3 is 0 Å². The first-order valence-electron chi connectivity index (χ1n) is 7.60. The highest BCUT2D eigenvalue weighted by Crippen LogP contribution is 2.18. The maximum atomic E-state index is 12.7. The average molecular weight is 296 g/mol. The molecule has 3 rings (SSSR count). The van der Waals surface area contributed by atoms with Gasteiger partial charge in [0.1, 0.15) is 0 Å². The summed E-state index contributed by atoms with van der Waals surface area (Å²) in [6.45, 7) is 3.23. The molecule has 2 unspecified atom stereocenters. The smallest absolute Gasteiger partial charge is 0.254 e. The van der Waals surface area contributed by atoms with E-state index in [0.717, 1.165) is 6.42 Å². The molecule has 2 aromatic rings. The first-order valence-corrected chi connectivity index (χ1v) is 7.60. The molecule has 1 aliphatic heterocycles. The lowest BCUT2D eigenvalue weighted by Gasteiger charge is -2.38. The minimum atomic E-state index is 0.0457. The van der Waals surface area contributed by atoms with Crippen LogP contribution in [0.1, 0.15) is 22.8 Å². The highest BCUT2D eigenvalue weighted by molar-refractivity contribution is 5.94. The fraction of sp³-hybridized carbons (Fsp3) is 0.333. The SMILES string of the molecule is CC1COC(Cc2ccccc2)CN1C(=O)c1ccncc1. The number of amides is 1. The van der Waals surface area contributed by atoms with Gasteiger partial charge in [0.2, 0.25) is 0 Å². The van der Waals surface area contributed by atoms with Crippen LogP contribution in [0.2, 0.25) is 0 Å². The van der Waals surface area contributed by atoms with E-state index in [-0.39, 0.29) is 18.1 Å². The minimum absolute atomic E-state index is 0.0457. The number of carbonyl (C=O) groups is 1. The van der Waals surface area contributed by atoms with Crippen molar-refractivity contribution < 1.29 is 9.53 Å². The van der Waals surface area contributed by atoms with Crippen molar-refractivity contribution in [1.82, 2.24) is 9.88 Å². The van der Waals surface area contributed by atoms with E-state index in [1.165, 1.54) is 5.56 Å². The van der Waals surface area contributed by atoms with E-state index in [1.54, 1.807) is 24.5 Å². The number of morpholine rings is 1. The largest absolute Gasteiger partial charge is 0.374 e. The van der Waals surface area contributed by atoms with Crippen LogP contribution in [0, 0.1) is 0 Å². The van der Waals surface area contributed by atoms with Crippen molar-refractivity contribution >= 4 is 5.91 Å². The third-order valence-corrected chi connectivity index (χ3v) is 4.00. The van der Waals surface area contributed by atoms with Gasteiger partial charge in [0.25, 0.3) is 5.91 Å². The summed E-state index contributed by atoms with van der Waals surface area (Å²) in [5.41, 5.74) is 1.92. The Labute approximate surface area is 130 Å². The molecule has 0 radical (unpaired) electrons. The fourth-order valence-corrected chi connectivity index (χ4v) is 2.76. The fourth-order valence-electron chi connectivity index (χ4n) is 2.76. The van der Waals surface area contributed by atoms with Gasteiger partial charge in [0.05, 0.1) is 18.8 Å². The quantitative estimate of drug-likeness (QED) is 0.874. The van der Waals surface area contributed by atoms with E-state index >= 15 is 0 Å². The lowest BCUT2D eigenvalue weighted by molar-refractivity contribution is -0.0464. The average Bonchev–Trinajstić information content (AvgIpc) is 2.58. The van der Waals surface area contributed by atoms with Crippen LogP contribution in [0.5, 0.6) is 0 Å². The second-order valence-corrected chi connectivity index (χ2v) is 5.69. The highest BCUT2D eigenvalue weighted by Gasteiger charge is 2.30. The Kier molecular flexibility index (Phi) is 4.49. The molecule has 22 heavy (non-hydrogen) atoms. The Morgan fingerprint density at radius 1 is 1.23 bits per heavy atom. The zero-order valence-corrected chi connectivity index (χ0v) is 12.7. The molecule has 0 aliphatic carbocycles. The first kappa shape index (κ1) is 14.7. The Morgan fingerprint density at radius 2 is 1.95 bits per heavy atom. The third-order valence-electron chi connectivity index (χ3n) is 4.00. The van der Waals surface area contributed by atoms with Crippen LogP contribution in [-0.4, -0.2) is 41.1 Å². The lowest BCUT2D eigenvalue weighted by atomic mass is 10.0. The van der Waals surface area contributed by atoms with Crippen molar-refractivity contribution in [2.75, 3.05) is 13.2 Å². The maximum Gasteiger partial charge on any atom is 0.254 e. The number of carbonyl (C=O) groups excluding carboxylic acids is 1. The van der Waals surface area contributed by atoms with Crippen molar-refractivity contribution in [3.63, 3.8) is 0 Å². The molecule has 0 spiro atoms. The van der Waals surface area contributed by atoms with Crippen molar-refractivity contribution in [3.8, 4) is 0 Å². The molecule has 4 nitrogen and oxygen atoms in total. The molecule has 1 aromatic heterocycles. The molecule has 2 atom stereocenters. The molecule has 0 N–H and O–H groups in total. The second-order valence-electron chi connectivity index (χ2n) is 5.69. The van der Waals surface area contributed by atoms with Crippen LogP contribution in [0.3, 0.4) is 0 Å². The van der Waals surface area contributed by atoms with Crippen LogP contribution < -0.4 is 0 Å². The van der Waals surface area contributed by atoms with Crippen molar-refractivity contribution in [2.24, 2.45) is 0 Å². The number of nitrogens with zero attached hydrogens (tertiary/aromatic N) is 2. The summed E-state index contributed by atoms with van der Waals surface area (Å²) in [5.74, 6) is 0.0521. The van der Waals surface area contributed by atoms with Crippen molar-refractivity contribution in [3.05, 3.63) is 66.0 Å². The number of hydrogen-bond acceptors (Lipinski definition) is 3. The van der Waals surface area contributed by atoms with Crippen LogP contribution in [0.4, 0.5) is 0 Å². The number of rotatable bonds is 3. The van der Waals surface area contributed by atoms with Gasteiger partial charge < -0.3 is 9.64 Å². The number of pyridine rings is 1. The first-order chi connectivity index (χ1) is 10.7. The number of hydrogen-bond donors (Lipinski definition) is 0. The third kappa shape index (κ3) is 3.34. The number of ether oxygens (including phenoxy) is 1. The van der Waals surface area contributed by atoms with E-state index in [0.29, 0.717) is 18.7 Å². The molecule has 2 heterocycles. The molecule has 4 heteroatoms. The van der Waals surface area contributed by atoms with E-state index in [2.05, 4.69) is 17.1 Å². The normalized spacial score (nSPS) is 21.6.